The molecule has 2 N–H and O–H groups in total. The average Bonchev–Trinajstić information content (AvgIpc) is 2.31. The van der Waals surface area contributed by atoms with E-state index in [0.29, 0.717) is 18.4 Å². The minimum Gasteiger partial charge on any atom is -0.251 e. The van der Waals surface area contributed by atoms with Crippen molar-refractivity contribution in [3.63, 3.8) is 0 Å². The van der Waals surface area contributed by atoms with Crippen LogP contribution in [0.25, 0.3) is 0 Å². The molecule has 1 rings (SSSR count). The van der Waals surface area contributed by atoms with Crippen molar-refractivity contribution in [2.24, 2.45) is 5.14 Å². The molecule has 0 saturated carbocycles. The van der Waals surface area contributed by atoms with Crippen LogP contribution < -0.4 is 5.14 Å². The Morgan fingerprint density at radius 2 is 2.32 bits per heavy atom. The average molecular weight is 305 g/mol. The van der Waals surface area contributed by atoms with Crippen LogP contribution in [0.1, 0.15) is 38.2 Å². The molecule has 3 nitrogen and oxygen atoms in total. The van der Waals surface area contributed by atoms with Gasteiger partial charge in [-0.2, -0.15) is 0 Å². The third kappa shape index (κ3) is 4.37. The van der Waals surface area contributed by atoms with Gasteiger partial charge in [-0.25, -0.2) is 13.6 Å². The molecule has 0 aliphatic carbocycles. The predicted octanol–water partition coefficient (Wildman–Crippen LogP) is 3.32. The predicted molar refractivity (Wildman–Crippen MR) is 77.8 cm³/mol. The normalized spacial score (nSPS) is 15.0. The third-order valence-electron chi connectivity index (χ3n) is 3.01. The quantitative estimate of drug-likeness (QED) is 0.647. The minimum absolute atomic E-state index is 0.115. The number of nitrogens with two attached hydrogens (primary N) is 1. The monoisotopic (exact) mass is 304 g/mol. The van der Waals surface area contributed by atoms with Crippen LogP contribution in [0, 0.1) is 5.82 Å². The molecule has 1 aromatic heterocycles. The molecule has 1 heterocycles. The third-order valence-corrected chi connectivity index (χ3v) is 4.58. The van der Waals surface area contributed by atoms with E-state index in [1.54, 1.807) is 19.9 Å². The van der Waals surface area contributed by atoms with Crippen molar-refractivity contribution in [3.05, 3.63) is 41.5 Å². The van der Waals surface area contributed by atoms with Gasteiger partial charge in [0.15, 0.2) is 0 Å². The number of rotatable bonds is 6. The van der Waals surface area contributed by atoms with Crippen LogP contribution >= 0.6 is 11.6 Å². The maximum absolute atomic E-state index is 13.3. The van der Waals surface area contributed by atoms with Crippen LogP contribution in [0.4, 0.5) is 4.39 Å². The van der Waals surface area contributed by atoms with Gasteiger partial charge in [0.1, 0.15) is 11.0 Å². The Kier molecular flexibility index (Phi) is 5.64. The molecule has 0 fully saturated rings. The molecule has 0 aromatic carbocycles. The summed E-state index contributed by atoms with van der Waals surface area (Å²) in [5, 5.41) is 5.74. The van der Waals surface area contributed by atoms with Gasteiger partial charge in [-0.05, 0) is 44.2 Å². The van der Waals surface area contributed by atoms with E-state index in [4.69, 9.17) is 16.7 Å². The van der Waals surface area contributed by atoms with E-state index in [9.17, 15) is 8.60 Å². The van der Waals surface area contributed by atoms with Crippen LogP contribution in [0.5, 0.6) is 0 Å². The standard InChI is InChI=1S/C13H18ClFN2OS/c1-4-5-9(7-13(2,3)19(16)18)11-6-10(15)8-17-12(11)14/h4,6,8-9H,1,5,7,16H2,2-3H3/t9-,19?/m1/s1. The molecule has 19 heavy (non-hydrogen) atoms. The Hall–Kier alpha value is -0.780. The summed E-state index contributed by atoms with van der Waals surface area (Å²) in [4.78, 5) is 3.81. The second-order valence-electron chi connectivity index (χ2n) is 5.02. The van der Waals surface area contributed by atoms with Gasteiger partial charge >= 0.3 is 0 Å². The van der Waals surface area contributed by atoms with Crippen molar-refractivity contribution in [3.8, 4) is 0 Å². The lowest BCUT2D eigenvalue weighted by Gasteiger charge is -2.27. The van der Waals surface area contributed by atoms with Crippen LogP contribution in [-0.4, -0.2) is 13.9 Å². The number of nitrogens with zero attached hydrogens (tertiary/aromatic N) is 1. The number of aromatic nitrogens is 1. The molecule has 0 aliphatic heterocycles. The van der Waals surface area contributed by atoms with Crippen molar-refractivity contribution < 1.29 is 8.60 Å². The Morgan fingerprint density at radius 1 is 1.68 bits per heavy atom. The van der Waals surface area contributed by atoms with E-state index < -0.39 is 21.5 Å². The summed E-state index contributed by atoms with van der Waals surface area (Å²) < 4.78 is 24.2. The van der Waals surface area contributed by atoms with E-state index in [1.807, 2.05) is 0 Å². The van der Waals surface area contributed by atoms with E-state index in [2.05, 4.69) is 11.6 Å². The van der Waals surface area contributed by atoms with Crippen LogP contribution in [-0.2, 0) is 11.0 Å². The summed E-state index contributed by atoms with van der Waals surface area (Å²) in [5.41, 5.74) is 0.597. The highest BCUT2D eigenvalue weighted by Crippen LogP contribution is 2.34. The molecule has 0 bridgehead atoms. The number of allylic oxidation sites excluding steroid dienone is 1. The van der Waals surface area contributed by atoms with Gasteiger partial charge in [0, 0.05) is 0 Å². The maximum Gasteiger partial charge on any atom is 0.141 e. The molecule has 0 aliphatic rings. The summed E-state index contributed by atoms with van der Waals surface area (Å²) in [5.74, 6) is -0.559. The SMILES string of the molecule is C=CC[C@H](CC(C)(C)S(N)=O)c1cc(F)cnc1Cl. The van der Waals surface area contributed by atoms with Gasteiger partial charge in [-0.15, -0.1) is 6.58 Å². The Balaban J connectivity index is 3.10. The van der Waals surface area contributed by atoms with E-state index in [1.165, 1.54) is 6.07 Å². The van der Waals surface area contributed by atoms with Crippen molar-refractivity contribution >= 4 is 22.6 Å². The summed E-state index contributed by atoms with van der Waals surface area (Å²) in [6, 6.07) is 1.36. The van der Waals surface area contributed by atoms with E-state index in [0.717, 1.165) is 6.20 Å². The minimum atomic E-state index is -1.48. The first-order valence-corrected chi connectivity index (χ1v) is 7.45. The zero-order chi connectivity index (χ0) is 14.6. The summed E-state index contributed by atoms with van der Waals surface area (Å²) >= 11 is 6.02. The van der Waals surface area contributed by atoms with Crippen molar-refractivity contribution in [1.82, 2.24) is 4.98 Å². The zero-order valence-corrected chi connectivity index (χ0v) is 12.6. The summed E-state index contributed by atoms with van der Waals surface area (Å²) in [6.45, 7) is 7.30. The Bertz CT molecular complexity index is 494. The van der Waals surface area contributed by atoms with Crippen molar-refractivity contribution in [1.29, 1.82) is 0 Å². The molecule has 1 unspecified atom stereocenters. The first kappa shape index (κ1) is 16.3. The smallest absolute Gasteiger partial charge is 0.141 e. The summed E-state index contributed by atoms with van der Waals surface area (Å²) in [6.07, 6.45) is 3.89. The van der Waals surface area contributed by atoms with Gasteiger partial charge in [-0.1, -0.05) is 17.7 Å². The van der Waals surface area contributed by atoms with Crippen LogP contribution in [0.3, 0.4) is 0 Å². The molecule has 0 spiro atoms. The molecule has 0 radical (unpaired) electrons. The van der Waals surface area contributed by atoms with Gasteiger partial charge in [-0.3, -0.25) is 5.14 Å². The van der Waals surface area contributed by atoms with E-state index >= 15 is 0 Å². The number of pyridine rings is 1. The molecular weight excluding hydrogens is 287 g/mol. The molecular formula is C13H18ClFN2OS. The largest absolute Gasteiger partial charge is 0.251 e. The Labute approximate surface area is 120 Å². The lowest BCUT2D eigenvalue weighted by atomic mass is 9.88. The van der Waals surface area contributed by atoms with Crippen LogP contribution in [0.15, 0.2) is 24.9 Å². The van der Waals surface area contributed by atoms with Gasteiger partial charge in [0.05, 0.1) is 21.9 Å². The van der Waals surface area contributed by atoms with Gasteiger partial charge < -0.3 is 0 Å². The Morgan fingerprint density at radius 3 is 2.84 bits per heavy atom. The molecule has 6 heteroatoms. The topological polar surface area (TPSA) is 56.0 Å². The molecule has 0 amide bonds. The van der Waals surface area contributed by atoms with Crippen LogP contribution in [0.2, 0.25) is 5.15 Å². The van der Waals surface area contributed by atoms with E-state index in [-0.39, 0.29) is 11.1 Å². The second kappa shape index (κ2) is 6.59. The highest BCUT2D eigenvalue weighted by Gasteiger charge is 2.29. The number of hydrogen-bond donors (Lipinski definition) is 1. The molecule has 0 saturated heterocycles. The molecule has 2 atom stereocenters. The fourth-order valence-electron chi connectivity index (χ4n) is 1.92. The van der Waals surface area contributed by atoms with Crippen molar-refractivity contribution in [2.45, 2.75) is 37.4 Å². The van der Waals surface area contributed by atoms with Gasteiger partial charge in [0.25, 0.3) is 0 Å². The zero-order valence-electron chi connectivity index (χ0n) is 11.0. The first-order chi connectivity index (χ1) is 8.77. The first-order valence-electron chi connectivity index (χ1n) is 5.86. The number of halogens is 2. The van der Waals surface area contributed by atoms with Crippen molar-refractivity contribution in [2.75, 3.05) is 0 Å². The number of hydrogen-bond acceptors (Lipinski definition) is 2. The van der Waals surface area contributed by atoms with Gasteiger partial charge in [0.2, 0.25) is 0 Å². The molecule has 1 aromatic rings. The molecule has 106 valence electrons. The maximum atomic E-state index is 13.3. The highest BCUT2D eigenvalue weighted by atomic mass is 35.5. The highest BCUT2D eigenvalue weighted by molar-refractivity contribution is 7.84. The fourth-order valence-corrected chi connectivity index (χ4v) is 2.54. The fraction of sp³-hybridized carbons (Fsp3) is 0.462. The lowest BCUT2D eigenvalue weighted by Crippen LogP contribution is -2.33. The second-order valence-corrected chi connectivity index (χ2v) is 7.07. The summed E-state index contributed by atoms with van der Waals surface area (Å²) in [7, 11) is -1.48. The lowest BCUT2D eigenvalue weighted by molar-refractivity contribution is 0.515.